The number of likely N-dealkylation sites (N-methyl/N-ethyl adjacent to an activating group) is 1. The summed E-state index contributed by atoms with van der Waals surface area (Å²) in [6.45, 7) is 1.21. The number of carbonyl (C=O) groups is 3. The lowest BCUT2D eigenvalue weighted by Crippen LogP contribution is -2.49. The zero-order valence-corrected chi connectivity index (χ0v) is 21.8. The van der Waals surface area contributed by atoms with Crippen LogP contribution in [0.1, 0.15) is 40.7 Å². The molecule has 1 saturated heterocycles. The minimum atomic E-state index is -0.565. The maximum Gasteiger partial charge on any atom is 0.318 e. The molecule has 4 rings (SSSR count). The Kier molecular flexibility index (Phi) is 8.16. The molecule has 2 aromatic rings. The molecule has 2 heterocycles. The first kappa shape index (κ1) is 26.0. The molecule has 0 bridgehead atoms. The van der Waals surface area contributed by atoms with Gasteiger partial charge in [0.2, 0.25) is 5.91 Å². The van der Waals surface area contributed by atoms with Crippen molar-refractivity contribution >= 4 is 35.1 Å². The minimum Gasteiger partial charge on any atom is -0.380 e. The number of fused-ring (bicyclic) bond motifs is 1. The van der Waals surface area contributed by atoms with E-state index in [4.69, 9.17) is 16.3 Å². The maximum atomic E-state index is 13.4. The molecule has 2 atom stereocenters. The molecule has 36 heavy (non-hydrogen) atoms. The Bertz CT molecular complexity index is 1140. The van der Waals surface area contributed by atoms with Gasteiger partial charge in [0, 0.05) is 52.9 Å². The number of anilines is 1. The number of nitrogens with zero attached hydrogens (tertiary/aromatic N) is 3. The zero-order valence-electron chi connectivity index (χ0n) is 21.0. The van der Waals surface area contributed by atoms with Gasteiger partial charge in [0.25, 0.3) is 5.91 Å². The second-order valence-corrected chi connectivity index (χ2v) is 9.92. The molecule has 2 aromatic carbocycles. The highest BCUT2D eigenvalue weighted by Gasteiger charge is 2.40. The minimum absolute atomic E-state index is 0.127. The highest BCUT2D eigenvalue weighted by Crippen LogP contribution is 2.29. The molecule has 8 nitrogen and oxygen atoms in total. The molecule has 4 amide bonds. The number of aryl methyl sites for hydroxylation is 1. The van der Waals surface area contributed by atoms with Gasteiger partial charge in [0.1, 0.15) is 6.04 Å². The van der Waals surface area contributed by atoms with Gasteiger partial charge in [-0.15, -0.1) is 0 Å². The first-order valence-electron chi connectivity index (χ1n) is 12.3. The van der Waals surface area contributed by atoms with Gasteiger partial charge in [0.15, 0.2) is 0 Å². The fourth-order valence-electron chi connectivity index (χ4n) is 4.89. The molecule has 0 unspecified atom stereocenters. The third-order valence-corrected chi connectivity index (χ3v) is 7.21. The lowest BCUT2D eigenvalue weighted by Gasteiger charge is -2.26. The van der Waals surface area contributed by atoms with E-state index in [1.54, 1.807) is 39.4 Å². The molecule has 2 aliphatic rings. The largest absolute Gasteiger partial charge is 0.380 e. The molecule has 0 aliphatic carbocycles. The van der Waals surface area contributed by atoms with Crippen LogP contribution in [0.3, 0.4) is 0 Å². The van der Waals surface area contributed by atoms with Crippen molar-refractivity contribution in [2.24, 2.45) is 0 Å². The summed E-state index contributed by atoms with van der Waals surface area (Å²) in [6, 6.07) is 12.3. The van der Waals surface area contributed by atoms with Crippen LogP contribution < -0.4 is 10.2 Å². The summed E-state index contributed by atoms with van der Waals surface area (Å²) in [6.07, 6.45) is 3.20. The summed E-state index contributed by atoms with van der Waals surface area (Å²) in [5.74, 6) is -0.261. The highest BCUT2D eigenvalue weighted by atomic mass is 35.5. The molecule has 0 spiro atoms. The first-order chi connectivity index (χ1) is 17.3. The molecule has 192 valence electrons. The van der Waals surface area contributed by atoms with Crippen molar-refractivity contribution in [3.63, 3.8) is 0 Å². The Morgan fingerprint density at radius 3 is 2.64 bits per heavy atom. The van der Waals surface area contributed by atoms with Crippen molar-refractivity contribution in [3.05, 3.63) is 64.2 Å². The van der Waals surface area contributed by atoms with Crippen molar-refractivity contribution in [2.45, 2.75) is 44.4 Å². The van der Waals surface area contributed by atoms with E-state index >= 15 is 0 Å². The molecule has 0 saturated carbocycles. The molecule has 2 aliphatic heterocycles. The van der Waals surface area contributed by atoms with Gasteiger partial charge in [-0.1, -0.05) is 35.9 Å². The van der Waals surface area contributed by atoms with Gasteiger partial charge in [-0.25, -0.2) is 4.79 Å². The maximum absolute atomic E-state index is 13.4. The predicted octanol–water partition coefficient (Wildman–Crippen LogP) is 3.71. The Morgan fingerprint density at radius 1 is 1.14 bits per heavy atom. The van der Waals surface area contributed by atoms with Crippen LogP contribution in [0, 0.1) is 0 Å². The summed E-state index contributed by atoms with van der Waals surface area (Å²) in [5.41, 5.74) is 3.30. The van der Waals surface area contributed by atoms with Crippen LogP contribution in [0.15, 0.2) is 42.5 Å². The van der Waals surface area contributed by atoms with Crippen molar-refractivity contribution in [1.82, 2.24) is 15.1 Å². The van der Waals surface area contributed by atoms with E-state index in [0.29, 0.717) is 30.1 Å². The summed E-state index contributed by atoms with van der Waals surface area (Å²) < 4.78 is 5.40. The van der Waals surface area contributed by atoms with E-state index in [9.17, 15) is 14.4 Å². The van der Waals surface area contributed by atoms with E-state index in [2.05, 4.69) is 11.4 Å². The SMILES string of the molecule is CO[C@@H]1C[C@@H](C(=O)N(C)C)N(C(=O)NCc2ccc(C(=O)N3CCCCc4ccccc43)c(Cl)c2)C1. The normalized spacial score (nSPS) is 19.4. The number of likely N-dealkylation sites (tertiary alicyclic amines) is 1. The number of nitrogens with one attached hydrogen (secondary N) is 1. The quantitative estimate of drug-likeness (QED) is 0.662. The third-order valence-electron chi connectivity index (χ3n) is 6.90. The van der Waals surface area contributed by atoms with E-state index in [1.807, 2.05) is 23.1 Å². The number of para-hydroxylation sites is 1. The van der Waals surface area contributed by atoms with Crippen LogP contribution in [0.2, 0.25) is 5.02 Å². The van der Waals surface area contributed by atoms with Crippen molar-refractivity contribution in [1.29, 1.82) is 0 Å². The predicted molar refractivity (Wildman–Crippen MR) is 139 cm³/mol. The summed E-state index contributed by atoms with van der Waals surface area (Å²) in [5, 5.41) is 3.22. The van der Waals surface area contributed by atoms with Crippen LogP contribution in [0.25, 0.3) is 0 Å². The summed E-state index contributed by atoms with van der Waals surface area (Å²) in [4.78, 5) is 43.7. The van der Waals surface area contributed by atoms with Gasteiger partial charge in [0.05, 0.1) is 16.7 Å². The summed E-state index contributed by atoms with van der Waals surface area (Å²) in [7, 11) is 4.93. The number of benzene rings is 2. The van der Waals surface area contributed by atoms with Crippen LogP contribution in [0.4, 0.5) is 10.5 Å². The Labute approximate surface area is 217 Å². The smallest absolute Gasteiger partial charge is 0.318 e. The van der Waals surface area contributed by atoms with Gasteiger partial charge in [-0.2, -0.15) is 0 Å². The molecule has 9 heteroatoms. The molecular formula is C27H33ClN4O4. The number of rotatable bonds is 5. The van der Waals surface area contributed by atoms with Crippen molar-refractivity contribution in [3.8, 4) is 0 Å². The Morgan fingerprint density at radius 2 is 1.92 bits per heavy atom. The molecule has 0 aromatic heterocycles. The van der Waals surface area contributed by atoms with Crippen molar-refractivity contribution < 1.29 is 19.1 Å². The number of carbonyl (C=O) groups excluding carboxylic acids is 3. The average molecular weight is 513 g/mol. The first-order valence-corrected chi connectivity index (χ1v) is 12.6. The number of hydrogen-bond acceptors (Lipinski definition) is 4. The molecule has 1 fully saturated rings. The molecule has 0 radical (unpaired) electrons. The highest BCUT2D eigenvalue weighted by molar-refractivity contribution is 6.34. The van der Waals surface area contributed by atoms with Gasteiger partial charge in [-0.3, -0.25) is 9.59 Å². The second kappa shape index (κ2) is 11.3. The van der Waals surface area contributed by atoms with Crippen LogP contribution in [-0.4, -0.2) is 74.1 Å². The second-order valence-electron chi connectivity index (χ2n) is 9.51. The van der Waals surface area contributed by atoms with Gasteiger partial charge >= 0.3 is 6.03 Å². The number of urea groups is 1. The number of amides is 4. The van der Waals surface area contributed by atoms with Crippen molar-refractivity contribution in [2.75, 3.05) is 39.2 Å². The fraction of sp³-hybridized carbons (Fsp3) is 0.444. The lowest BCUT2D eigenvalue weighted by atomic mass is 10.1. The van der Waals surface area contributed by atoms with E-state index in [0.717, 1.165) is 30.5 Å². The average Bonchev–Trinajstić information content (AvgIpc) is 3.20. The van der Waals surface area contributed by atoms with Crippen LogP contribution >= 0.6 is 11.6 Å². The number of halogens is 1. The van der Waals surface area contributed by atoms with Gasteiger partial charge in [-0.05, 0) is 48.6 Å². The van der Waals surface area contributed by atoms with E-state index in [1.165, 1.54) is 15.4 Å². The van der Waals surface area contributed by atoms with E-state index < -0.39 is 6.04 Å². The lowest BCUT2D eigenvalue weighted by molar-refractivity contribution is -0.132. The number of ether oxygens (including phenoxy) is 1. The molecular weight excluding hydrogens is 480 g/mol. The van der Waals surface area contributed by atoms with Crippen LogP contribution in [-0.2, 0) is 22.5 Å². The number of methoxy groups -OCH3 is 1. The monoisotopic (exact) mass is 512 g/mol. The van der Waals surface area contributed by atoms with E-state index in [-0.39, 0.29) is 30.5 Å². The standard InChI is InChI=1S/C27H33ClN4O4/c1-30(2)26(34)24-15-20(36-3)17-32(24)27(35)29-16-18-11-12-21(22(28)14-18)25(33)31-13-7-6-9-19-8-4-5-10-23(19)31/h4-5,8,10-12,14,20,24H,6-7,9,13,15-17H2,1-3H3,(H,29,35)/t20-,24+/m1/s1. The third kappa shape index (κ3) is 5.50. The Hall–Kier alpha value is -3.10. The zero-order chi connectivity index (χ0) is 25.8. The number of hydrogen-bond donors (Lipinski definition) is 1. The molecule has 1 N–H and O–H groups in total. The fourth-order valence-corrected chi connectivity index (χ4v) is 5.18. The van der Waals surface area contributed by atoms with Gasteiger partial charge < -0.3 is 24.8 Å². The summed E-state index contributed by atoms with van der Waals surface area (Å²) >= 11 is 6.55. The van der Waals surface area contributed by atoms with Crippen LogP contribution in [0.5, 0.6) is 0 Å². The topological polar surface area (TPSA) is 82.2 Å². The Balaban J connectivity index is 1.44.